The summed E-state index contributed by atoms with van der Waals surface area (Å²) in [7, 11) is 0. The van der Waals surface area contributed by atoms with E-state index in [-0.39, 0.29) is 5.78 Å². The largest absolute Gasteiger partial charge is 0.376 e. The summed E-state index contributed by atoms with van der Waals surface area (Å²) < 4.78 is 10.6. The lowest BCUT2D eigenvalue weighted by molar-refractivity contribution is -0.0719. The molecule has 0 amide bonds. The fourth-order valence-corrected chi connectivity index (χ4v) is 1.66. The lowest BCUT2D eigenvalue weighted by Gasteiger charge is -2.22. The Hall–Kier alpha value is -1.19. The molecule has 3 nitrogen and oxygen atoms in total. The molecule has 0 N–H and O–H groups in total. The second-order valence-electron chi connectivity index (χ2n) is 3.61. The first kappa shape index (κ1) is 10.3. The van der Waals surface area contributed by atoms with E-state index in [2.05, 4.69) is 0 Å². The summed E-state index contributed by atoms with van der Waals surface area (Å²) in [6.45, 7) is 3.38. The van der Waals surface area contributed by atoms with E-state index in [0.717, 1.165) is 11.1 Å². The van der Waals surface area contributed by atoms with E-state index in [0.29, 0.717) is 19.8 Å². The Balaban J connectivity index is 2.16. The number of ketones is 1. The van der Waals surface area contributed by atoms with Crippen molar-refractivity contribution >= 4 is 5.78 Å². The maximum Gasteiger partial charge on any atom is 0.194 e. The number of hydrogen-bond acceptors (Lipinski definition) is 3. The first-order valence-corrected chi connectivity index (χ1v) is 5.08. The highest BCUT2D eigenvalue weighted by Crippen LogP contribution is 2.13. The molecule has 1 fully saturated rings. The van der Waals surface area contributed by atoms with Crippen molar-refractivity contribution in [3.8, 4) is 0 Å². The first-order valence-electron chi connectivity index (χ1n) is 5.08. The molecule has 1 atom stereocenters. The van der Waals surface area contributed by atoms with Gasteiger partial charge >= 0.3 is 0 Å². The monoisotopic (exact) mass is 206 g/mol. The molecule has 1 aliphatic heterocycles. The van der Waals surface area contributed by atoms with Crippen LogP contribution < -0.4 is 0 Å². The summed E-state index contributed by atoms with van der Waals surface area (Å²) in [5.74, 6) is 0.0211. The highest BCUT2D eigenvalue weighted by atomic mass is 16.6. The zero-order valence-electron chi connectivity index (χ0n) is 8.73. The van der Waals surface area contributed by atoms with Gasteiger partial charge in [0.2, 0.25) is 0 Å². The molecule has 1 aromatic carbocycles. The topological polar surface area (TPSA) is 35.5 Å². The summed E-state index contributed by atoms with van der Waals surface area (Å²) in [5.41, 5.74) is 1.71. The fraction of sp³-hybridized carbons (Fsp3) is 0.417. The molecule has 3 heteroatoms. The molecule has 1 aromatic rings. The number of aryl methyl sites for hydroxylation is 1. The second-order valence-corrected chi connectivity index (χ2v) is 3.61. The van der Waals surface area contributed by atoms with E-state index in [4.69, 9.17) is 9.47 Å². The van der Waals surface area contributed by atoms with Crippen LogP contribution in [0.15, 0.2) is 24.3 Å². The van der Waals surface area contributed by atoms with Crippen LogP contribution in [0.3, 0.4) is 0 Å². The van der Waals surface area contributed by atoms with Crippen molar-refractivity contribution in [3.05, 3.63) is 35.4 Å². The minimum atomic E-state index is -0.431. The summed E-state index contributed by atoms with van der Waals surface area (Å²) >= 11 is 0. The highest BCUT2D eigenvalue weighted by molar-refractivity contribution is 6.00. The number of benzene rings is 1. The van der Waals surface area contributed by atoms with Crippen LogP contribution in [0.1, 0.15) is 15.9 Å². The molecule has 2 rings (SSSR count). The summed E-state index contributed by atoms with van der Waals surface area (Å²) in [6, 6.07) is 7.54. The van der Waals surface area contributed by atoms with Crippen molar-refractivity contribution in [2.45, 2.75) is 13.0 Å². The Labute approximate surface area is 89.0 Å². The average molecular weight is 206 g/mol. The van der Waals surface area contributed by atoms with E-state index >= 15 is 0 Å². The molecule has 15 heavy (non-hydrogen) atoms. The molecule has 0 bridgehead atoms. The Bertz CT molecular complexity index is 354. The van der Waals surface area contributed by atoms with Crippen LogP contribution >= 0.6 is 0 Å². The Morgan fingerprint density at radius 2 is 2.13 bits per heavy atom. The van der Waals surface area contributed by atoms with Crippen LogP contribution in [0.5, 0.6) is 0 Å². The maximum absolute atomic E-state index is 12.0. The number of Topliss-reactive ketones (excluding diaryl/α,β-unsaturated/α-hetero) is 1. The molecule has 0 radical (unpaired) electrons. The van der Waals surface area contributed by atoms with Crippen molar-refractivity contribution in [2.24, 2.45) is 0 Å². The molecule has 1 aliphatic rings. The van der Waals surface area contributed by atoms with Gasteiger partial charge in [-0.25, -0.2) is 0 Å². The van der Waals surface area contributed by atoms with Crippen LogP contribution in [-0.4, -0.2) is 31.7 Å². The lowest BCUT2D eigenvalue weighted by Crippen LogP contribution is -2.35. The summed E-state index contributed by atoms with van der Waals surface area (Å²) in [5, 5.41) is 0. The van der Waals surface area contributed by atoms with Gasteiger partial charge in [-0.05, 0) is 12.5 Å². The third-order valence-corrected chi connectivity index (χ3v) is 2.52. The van der Waals surface area contributed by atoms with Crippen molar-refractivity contribution in [1.82, 2.24) is 0 Å². The van der Waals surface area contributed by atoms with Crippen LogP contribution in [0.2, 0.25) is 0 Å². The third-order valence-electron chi connectivity index (χ3n) is 2.52. The van der Waals surface area contributed by atoms with Gasteiger partial charge in [0.1, 0.15) is 6.10 Å². The second kappa shape index (κ2) is 4.55. The Morgan fingerprint density at radius 1 is 1.33 bits per heavy atom. The van der Waals surface area contributed by atoms with Crippen LogP contribution in [0, 0.1) is 6.92 Å². The predicted octanol–water partition coefficient (Wildman–Crippen LogP) is 1.59. The zero-order chi connectivity index (χ0) is 10.7. The Morgan fingerprint density at radius 3 is 2.80 bits per heavy atom. The molecule has 0 aliphatic carbocycles. The molecule has 0 aromatic heterocycles. The van der Waals surface area contributed by atoms with Crippen molar-refractivity contribution in [2.75, 3.05) is 19.8 Å². The zero-order valence-corrected chi connectivity index (χ0v) is 8.73. The molecule has 1 saturated heterocycles. The summed E-state index contributed by atoms with van der Waals surface area (Å²) in [4.78, 5) is 12.0. The molecule has 80 valence electrons. The van der Waals surface area contributed by atoms with Gasteiger partial charge in [0.05, 0.1) is 19.8 Å². The van der Waals surface area contributed by atoms with Gasteiger partial charge in [-0.3, -0.25) is 4.79 Å². The first-order chi connectivity index (χ1) is 7.29. The van der Waals surface area contributed by atoms with Gasteiger partial charge in [-0.15, -0.1) is 0 Å². The number of carbonyl (C=O) groups is 1. The van der Waals surface area contributed by atoms with Crippen LogP contribution in [0.4, 0.5) is 0 Å². The van der Waals surface area contributed by atoms with Gasteiger partial charge < -0.3 is 9.47 Å². The van der Waals surface area contributed by atoms with Crippen LogP contribution in [-0.2, 0) is 9.47 Å². The molecule has 0 saturated carbocycles. The molecular formula is C12H14O3. The van der Waals surface area contributed by atoms with E-state index in [1.165, 1.54) is 0 Å². The minimum Gasteiger partial charge on any atom is -0.376 e. The van der Waals surface area contributed by atoms with Gasteiger partial charge in [-0.1, -0.05) is 24.3 Å². The summed E-state index contributed by atoms with van der Waals surface area (Å²) in [6.07, 6.45) is -0.431. The van der Waals surface area contributed by atoms with Gasteiger partial charge in [-0.2, -0.15) is 0 Å². The van der Waals surface area contributed by atoms with Crippen molar-refractivity contribution in [3.63, 3.8) is 0 Å². The SMILES string of the molecule is Cc1ccccc1C(=O)C1COCCO1. The average Bonchev–Trinajstić information content (AvgIpc) is 2.30. The van der Waals surface area contributed by atoms with Crippen LogP contribution in [0.25, 0.3) is 0 Å². The normalized spacial score (nSPS) is 21.3. The molecule has 0 spiro atoms. The van der Waals surface area contributed by atoms with E-state index in [1.54, 1.807) is 0 Å². The minimum absolute atomic E-state index is 0.0211. The fourth-order valence-electron chi connectivity index (χ4n) is 1.66. The van der Waals surface area contributed by atoms with Gasteiger partial charge in [0, 0.05) is 5.56 Å². The van der Waals surface area contributed by atoms with Gasteiger partial charge in [0.15, 0.2) is 5.78 Å². The van der Waals surface area contributed by atoms with E-state index in [9.17, 15) is 4.79 Å². The highest BCUT2D eigenvalue weighted by Gasteiger charge is 2.24. The standard InChI is InChI=1S/C12H14O3/c1-9-4-2-3-5-10(9)12(13)11-8-14-6-7-15-11/h2-5,11H,6-8H2,1H3. The predicted molar refractivity (Wildman–Crippen MR) is 56.1 cm³/mol. The van der Waals surface area contributed by atoms with Crippen molar-refractivity contribution < 1.29 is 14.3 Å². The van der Waals surface area contributed by atoms with Gasteiger partial charge in [0.25, 0.3) is 0 Å². The smallest absolute Gasteiger partial charge is 0.194 e. The number of hydrogen-bond donors (Lipinski definition) is 0. The Kier molecular flexibility index (Phi) is 3.14. The molecule has 1 heterocycles. The number of rotatable bonds is 2. The lowest BCUT2D eigenvalue weighted by atomic mass is 10.0. The quantitative estimate of drug-likeness (QED) is 0.689. The number of ether oxygens (including phenoxy) is 2. The van der Waals surface area contributed by atoms with E-state index in [1.807, 2.05) is 31.2 Å². The van der Waals surface area contributed by atoms with Crippen molar-refractivity contribution in [1.29, 1.82) is 0 Å². The third kappa shape index (κ3) is 2.25. The van der Waals surface area contributed by atoms with E-state index < -0.39 is 6.10 Å². The maximum atomic E-state index is 12.0. The molecule has 1 unspecified atom stereocenters. The number of carbonyl (C=O) groups excluding carboxylic acids is 1. The molecular weight excluding hydrogens is 192 g/mol.